The van der Waals surface area contributed by atoms with Crippen LogP contribution in [0.2, 0.25) is 0 Å². The smallest absolute Gasteiger partial charge is 0.220 e. The Hall–Kier alpha value is -1.21. The second kappa shape index (κ2) is 49.5. The summed E-state index contributed by atoms with van der Waals surface area (Å²) in [6.45, 7) is 1.83. The first-order valence-electron chi connectivity index (χ1n) is 34.8. The van der Waals surface area contributed by atoms with Gasteiger partial charge >= 0.3 is 0 Å². The highest BCUT2D eigenvalue weighted by Crippen LogP contribution is 2.33. The van der Waals surface area contributed by atoms with Gasteiger partial charge in [-0.25, -0.2) is 0 Å². The van der Waals surface area contributed by atoms with E-state index in [1.54, 1.807) is 0 Å². The van der Waals surface area contributed by atoms with Crippen molar-refractivity contribution in [2.45, 2.75) is 388 Å². The van der Waals surface area contributed by atoms with Crippen molar-refractivity contribution >= 4 is 5.91 Å². The number of carbonyl (C=O) groups excluding carboxylic acids is 1. The number of hydrogen-bond donors (Lipinski definition) is 12. The summed E-state index contributed by atoms with van der Waals surface area (Å²) < 4.78 is 34.4. The number of hydrogen-bond acceptors (Lipinski definition) is 18. The zero-order chi connectivity index (χ0) is 61.9. The Morgan fingerprint density at radius 3 is 1.02 bits per heavy atom. The van der Waals surface area contributed by atoms with Crippen molar-refractivity contribution in [1.82, 2.24) is 5.32 Å². The Bertz CT molecular complexity index is 1550. The number of aliphatic hydroxyl groups excluding tert-OH is 11. The summed E-state index contributed by atoms with van der Waals surface area (Å²) in [6, 6.07) is -0.880. The summed E-state index contributed by atoms with van der Waals surface area (Å²) in [5.41, 5.74) is 0. The lowest BCUT2D eigenvalue weighted by molar-refractivity contribution is -0.379. The minimum absolute atomic E-state index is 0.236. The maximum Gasteiger partial charge on any atom is 0.220 e. The van der Waals surface area contributed by atoms with E-state index in [1.807, 2.05) is 0 Å². The van der Waals surface area contributed by atoms with Crippen LogP contribution in [0.4, 0.5) is 0 Å². The molecule has 12 N–H and O–H groups in total. The van der Waals surface area contributed by atoms with Gasteiger partial charge in [-0.1, -0.05) is 264 Å². The summed E-state index contributed by atoms with van der Waals surface area (Å²) in [5.74, 6) is -0.236. The third-order valence-electron chi connectivity index (χ3n) is 17.9. The van der Waals surface area contributed by atoms with Crippen molar-refractivity contribution in [1.29, 1.82) is 0 Å². The number of nitrogens with one attached hydrogen (secondary N) is 1. The van der Waals surface area contributed by atoms with Crippen molar-refractivity contribution in [2.75, 3.05) is 26.4 Å². The number of rotatable bonds is 54. The molecule has 0 spiro atoms. The summed E-state index contributed by atoms with van der Waals surface area (Å²) in [4.78, 5) is 13.4. The van der Waals surface area contributed by atoms with E-state index in [0.717, 1.165) is 44.9 Å². The van der Waals surface area contributed by atoms with Crippen LogP contribution < -0.4 is 5.32 Å². The molecule has 0 saturated carbocycles. The third-order valence-corrected chi connectivity index (χ3v) is 17.9. The molecule has 0 aromatic carbocycles. The molecule has 0 aromatic heterocycles. The minimum Gasteiger partial charge on any atom is -0.394 e. The molecule has 3 aliphatic rings. The van der Waals surface area contributed by atoms with Crippen LogP contribution >= 0.6 is 0 Å². The van der Waals surface area contributed by atoms with Crippen LogP contribution in [-0.4, -0.2) is 193 Å². The quantitative estimate of drug-likeness (QED) is 0.0253. The molecule has 3 heterocycles. The molecule has 17 unspecified atom stereocenters. The van der Waals surface area contributed by atoms with Crippen LogP contribution in [-0.2, 0) is 33.2 Å². The van der Waals surface area contributed by atoms with Gasteiger partial charge in [-0.15, -0.1) is 0 Å². The van der Waals surface area contributed by atoms with Crippen LogP contribution in [0.15, 0.2) is 0 Å². The zero-order valence-electron chi connectivity index (χ0n) is 53.1. The fourth-order valence-corrected chi connectivity index (χ4v) is 12.3. The molecular formula is C66H127NO18. The predicted octanol–water partition coefficient (Wildman–Crippen LogP) is 8.72. The standard InChI is InChI=1S/C66H127NO18/c1-3-5-7-9-11-13-15-17-18-19-20-21-22-23-24-25-26-27-28-29-30-32-34-36-38-40-42-44-54(72)67-49(50(71)43-41-39-37-35-33-31-16-14-12-10-8-6-4-2)48-80-64-60(78)57(75)62(52(46-69)82-64)85-66-61(79)58(76)63(53(47-70)83-66)84-65-59(77)56(74)55(73)51(45-68)81-65/h49-53,55-66,68-71,73-79H,3-48H2,1-2H3,(H,67,72). The fraction of sp³-hybridized carbons (Fsp3) is 0.985. The summed E-state index contributed by atoms with van der Waals surface area (Å²) in [6.07, 6.45) is 24.8. The second-order valence-electron chi connectivity index (χ2n) is 25.4. The van der Waals surface area contributed by atoms with Gasteiger partial charge in [0, 0.05) is 6.42 Å². The van der Waals surface area contributed by atoms with Gasteiger partial charge < -0.3 is 89.9 Å². The SMILES string of the molecule is CCCCCCCCCCCCCCCCCCCCCCCCCCCCCC(=O)NC(COC1OC(CO)C(OC2OC(CO)C(OC3OC(CO)C(O)C(O)C3O)C(O)C2O)C(O)C1O)C(O)CCCCCCCCCCCCCCC. The van der Waals surface area contributed by atoms with E-state index >= 15 is 0 Å². The molecule has 19 heteroatoms. The van der Waals surface area contributed by atoms with Crippen molar-refractivity contribution in [2.24, 2.45) is 0 Å². The lowest BCUT2D eigenvalue weighted by Gasteiger charge is -2.48. The number of unbranched alkanes of at least 4 members (excludes halogenated alkanes) is 38. The van der Waals surface area contributed by atoms with Gasteiger partial charge in [0.15, 0.2) is 18.9 Å². The van der Waals surface area contributed by atoms with E-state index < -0.39 is 124 Å². The van der Waals surface area contributed by atoms with Crippen molar-refractivity contribution in [3.63, 3.8) is 0 Å². The van der Waals surface area contributed by atoms with Gasteiger partial charge in [0.05, 0.1) is 38.6 Å². The van der Waals surface area contributed by atoms with Gasteiger partial charge in [0.25, 0.3) is 0 Å². The average Bonchev–Trinajstić information content (AvgIpc) is 2.72. The maximum absolute atomic E-state index is 13.4. The monoisotopic (exact) mass is 1220 g/mol. The first kappa shape index (κ1) is 78.0. The van der Waals surface area contributed by atoms with Crippen molar-refractivity contribution in [3.05, 3.63) is 0 Å². The molecule has 504 valence electrons. The fourth-order valence-electron chi connectivity index (χ4n) is 12.3. The number of carbonyl (C=O) groups is 1. The largest absolute Gasteiger partial charge is 0.394 e. The Kier molecular flexibility index (Phi) is 45.4. The number of ether oxygens (including phenoxy) is 6. The minimum atomic E-state index is -1.97. The highest BCUT2D eigenvalue weighted by Gasteiger charge is 2.53. The summed E-state index contributed by atoms with van der Waals surface area (Å²) >= 11 is 0. The first-order chi connectivity index (χ1) is 41.3. The Labute approximate surface area is 513 Å². The number of aliphatic hydroxyl groups is 11. The van der Waals surface area contributed by atoms with E-state index in [1.165, 1.54) is 205 Å². The highest BCUT2D eigenvalue weighted by atomic mass is 16.8. The molecule has 3 aliphatic heterocycles. The molecule has 17 atom stereocenters. The second-order valence-corrected chi connectivity index (χ2v) is 25.4. The van der Waals surface area contributed by atoms with Crippen LogP contribution in [0, 0.1) is 0 Å². The van der Waals surface area contributed by atoms with Crippen LogP contribution in [0.25, 0.3) is 0 Å². The molecule has 0 aliphatic carbocycles. The maximum atomic E-state index is 13.4. The highest BCUT2D eigenvalue weighted by molar-refractivity contribution is 5.76. The molecule has 3 saturated heterocycles. The molecule has 0 aromatic rings. The molecule has 3 fully saturated rings. The first-order valence-corrected chi connectivity index (χ1v) is 34.8. The van der Waals surface area contributed by atoms with E-state index in [2.05, 4.69) is 19.2 Å². The Balaban J connectivity index is 1.38. The normalized spacial score (nSPS) is 28.9. The Morgan fingerprint density at radius 2 is 0.671 bits per heavy atom. The van der Waals surface area contributed by atoms with E-state index in [-0.39, 0.29) is 18.9 Å². The number of amides is 1. The van der Waals surface area contributed by atoms with E-state index in [0.29, 0.717) is 12.8 Å². The molecule has 3 rings (SSSR count). The third kappa shape index (κ3) is 32.1. The lowest BCUT2D eigenvalue weighted by atomic mass is 9.96. The van der Waals surface area contributed by atoms with Gasteiger partial charge in [-0.05, 0) is 12.8 Å². The van der Waals surface area contributed by atoms with Crippen LogP contribution in [0.3, 0.4) is 0 Å². The van der Waals surface area contributed by atoms with Gasteiger partial charge in [-0.3, -0.25) is 4.79 Å². The van der Waals surface area contributed by atoms with Gasteiger partial charge in [0.1, 0.15) is 73.2 Å². The van der Waals surface area contributed by atoms with Crippen LogP contribution in [0.1, 0.15) is 284 Å². The van der Waals surface area contributed by atoms with Crippen LogP contribution in [0.5, 0.6) is 0 Å². The topological polar surface area (TPSA) is 307 Å². The molecule has 19 nitrogen and oxygen atoms in total. The lowest BCUT2D eigenvalue weighted by Crippen LogP contribution is -2.66. The van der Waals surface area contributed by atoms with Crippen molar-refractivity contribution < 1.29 is 89.4 Å². The molecular weight excluding hydrogens is 1090 g/mol. The zero-order valence-corrected chi connectivity index (χ0v) is 53.1. The summed E-state index contributed by atoms with van der Waals surface area (Å²) in [5, 5.41) is 120. The Morgan fingerprint density at radius 1 is 0.376 bits per heavy atom. The van der Waals surface area contributed by atoms with Gasteiger partial charge in [0.2, 0.25) is 5.91 Å². The van der Waals surface area contributed by atoms with E-state index in [4.69, 9.17) is 28.4 Å². The predicted molar refractivity (Wildman–Crippen MR) is 328 cm³/mol. The van der Waals surface area contributed by atoms with E-state index in [9.17, 15) is 61.0 Å². The molecule has 0 radical (unpaired) electrons. The molecule has 1 amide bonds. The van der Waals surface area contributed by atoms with Gasteiger partial charge in [-0.2, -0.15) is 0 Å². The van der Waals surface area contributed by atoms with Crippen molar-refractivity contribution in [3.8, 4) is 0 Å². The molecule has 0 bridgehead atoms. The molecule has 85 heavy (non-hydrogen) atoms. The summed E-state index contributed by atoms with van der Waals surface area (Å²) in [7, 11) is 0. The average molecular weight is 1220 g/mol.